The minimum Gasteiger partial charge on any atom is -0.422 e. The second-order valence-corrected chi connectivity index (χ2v) is 4.22. The van der Waals surface area contributed by atoms with Crippen LogP contribution >= 0.6 is 0 Å². The van der Waals surface area contributed by atoms with Crippen LogP contribution in [-0.2, 0) is 4.74 Å². The van der Waals surface area contributed by atoms with Gasteiger partial charge in [-0.15, -0.1) is 0 Å². The molecule has 0 bridgehead atoms. The number of cyclic esters (lactones) is 1. The van der Waals surface area contributed by atoms with Crippen molar-refractivity contribution in [3.8, 4) is 0 Å². The molecule has 94 valence electrons. The molecule has 5 heteroatoms. The third-order valence-corrected chi connectivity index (χ3v) is 2.81. The number of nitrogens with one attached hydrogen (secondary N) is 1. The number of rotatable bonds is 1. The van der Waals surface area contributed by atoms with Gasteiger partial charge in [0.05, 0.1) is 5.69 Å². The summed E-state index contributed by atoms with van der Waals surface area (Å²) in [7, 11) is 0. The molecule has 0 atom stereocenters. The maximum absolute atomic E-state index is 11.7. The van der Waals surface area contributed by atoms with Gasteiger partial charge >= 0.3 is 5.97 Å². The van der Waals surface area contributed by atoms with E-state index in [0.29, 0.717) is 22.7 Å². The zero-order chi connectivity index (χ0) is 13.4. The van der Waals surface area contributed by atoms with Crippen LogP contribution in [0.25, 0.3) is 11.8 Å². The Kier molecular flexibility index (Phi) is 2.52. The molecular formula is C14H10N2O3. The van der Waals surface area contributed by atoms with Gasteiger partial charge in [-0.2, -0.15) is 0 Å². The van der Waals surface area contributed by atoms with E-state index in [1.54, 1.807) is 37.4 Å². The minimum absolute atomic E-state index is 0.0489. The van der Waals surface area contributed by atoms with Gasteiger partial charge in [-0.05, 0) is 25.1 Å². The molecule has 1 N–H and O–H groups in total. The fourth-order valence-corrected chi connectivity index (χ4v) is 1.99. The van der Waals surface area contributed by atoms with Gasteiger partial charge in [0.2, 0.25) is 0 Å². The van der Waals surface area contributed by atoms with Crippen LogP contribution in [0.15, 0.2) is 35.3 Å². The molecule has 0 aromatic carbocycles. The lowest BCUT2D eigenvalue weighted by atomic mass is 10.1. The number of aromatic nitrogens is 2. The average molecular weight is 254 g/mol. The van der Waals surface area contributed by atoms with Gasteiger partial charge in [0.15, 0.2) is 0 Å². The molecule has 2 aromatic rings. The smallest absolute Gasteiger partial charge is 0.349 e. The maximum Gasteiger partial charge on any atom is 0.349 e. The second-order valence-electron chi connectivity index (χ2n) is 4.22. The number of esters is 1. The summed E-state index contributed by atoms with van der Waals surface area (Å²) in [5, 5.41) is 0. The topological polar surface area (TPSA) is 72.0 Å². The highest BCUT2D eigenvalue weighted by Crippen LogP contribution is 2.28. The lowest BCUT2D eigenvalue weighted by molar-refractivity contribution is 0.0715. The number of aryl methyl sites for hydroxylation is 1. The summed E-state index contributed by atoms with van der Waals surface area (Å²) in [6.07, 6.45) is 3.29. The molecular weight excluding hydrogens is 244 g/mol. The van der Waals surface area contributed by atoms with E-state index in [0.717, 1.165) is 0 Å². The zero-order valence-electron chi connectivity index (χ0n) is 10.1. The lowest BCUT2D eigenvalue weighted by Gasteiger charge is -1.99. The van der Waals surface area contributed by atoms with Crippen molar-refractivity contribution in [1.29, 1.82) is 0 Å². The quantitative estimate of drug-likeness (QED) is 0.787. The highest BCUT2D eigenvalue weighted by molar-refractivity contribution is 6.05. The molecule has 5 nitrogen and oxygen atoms in total. The first-order valence-corrected chi connectivity index (χ1v) is 5.74. The SMILES string of the molecule is Cc1cc2c(c(=O)[nH]1)C(=O)O/C2=C\c1ccccn1. The lowest BCUT2D eigenvalue weighted by Crippen LogP contribution is -2.16. The molecule has 1 aliphatic heterocycles. The summed E-state index contributed by atoms with van der Waals surface area (Å²) >= 11 is 0. The van der Waals surface area contributed by atoms with Crippen LogP contribution in [0.4, 0.5) is 0 Å². The van der Waals surface area contributed by atoms with Crippen LogP contribution < -0.4 is 5.56 Å². The van der Waals surface area contributed by atoms with Crippen molar-refractivity contribution in [1.82, 2.24) is 9.97 Å². The number of hydrogen-bond acceptors (Lipinski definition) is 4. The Morgan fingerprint density at radius 3 is 2.89 bits per heavy atom. The zero-order valence-corrected chi connectivity index (χ0v) is 10.1. The molecule has 19 heavy (non-hydrogen) atoms. The van der Waals surface area contributed by atoms with Crippen LogP contribution in [-0.4, -0.2) is 15.9 Å². The van der Waals surface area contributed by atoms with E-state index < -0.39 is 11.5 Å². The number of nitrogens with zero attached hydrogens (tertiary/aromatic N) is 1. The van der Waals surface area contributed by atoms with Crippen molar-refractivity contribution < 1.29 is 9.53 Å². The van der Waals surface area contributed by atoms with E-state index in [1.165, 1.54) is 0 Å². The molecule has 0 saturated heterocycles. The van der Waals surface area contributed by atoms with E-state index >= 15 is 0 Å². The Morgan fingerprint density at radius 1 is 1.32 bits per heavy atom. The van der Waals surface area contributed by atoms with E-state index in [4.69, 9.17) is 4.74 Å². The van der Waals surface area contributed by atoms with Gasteiger partial charge in [-0.3, -0.25) is 9.78 Å². The van der Waals surface area contributed by atoms with Gasteiger partial charge in [0.25, 0.3) is 5.56 Å². The highest BCUT2D eigenvalue weighted by atomic mass is 16.5. The number of carbonyl (C=O) groups excluding carboxylic acids is 1. The van der Waals surface area contributed by atoms with Crippen LogP contribution in [0.1, 0.15) is 27.3 Å². The van der Waals surface area contributed by atoms with Crippen molar-refractivity contribution >= 4 is 17.8 Å². The fourth-order valence-electron chi connectivity index (χ4n) is 1.99. The van der Waals surface area contributed by atoms with Gasteiger partial charge < -0.3 is 9.72 Å². The summed E-state index contributed by atoms with van der Waals surface area (Å²) in [4.78, 5) is 30.2. The predicted octanol–water partition coefficient (Wildman–Crippen LogP) is 1.75. The number of carbonyl (C=O) groups is 1. The molecule has 0 aliphatic carbocycles. The molecule has 3 rings (SSSR count). The molecule has 3 heterocycles. The first kappa shape index (κ1) is 11.4. The molecule has 0 radical (unpaired) electrons. The number of pyridine rings is 2. The van der Waals surface area contributed by atoms with Gasteiger partial charge in [0.1, 0.15) is 11.3 Å². The Hall–Kier alpha value is -2.69. The molecule has 0 spiro atoms. The van der Waals surface area contributed by atoms with E-state index in [2.05, 4.69) is 9.97 Å². The van der Waals surface area contributed by atoms with Crippen molar-refractivity contribution in [2.45, 2.75) is 6.92 Å². The molecule has 0 unspecified atom stereocenters. The summed E-state index contributed by atoms with van der Waals surface area (Å²) in [6.45, 7) is 1.75. The van der Waals surface area contributed by atoms with Crippen LogP contribution in [0.5, 0.6) is 0 Å². The normalized spacial score (nSPS) is 15.4. The Balaban J connectivity index is 2.18. The van der Waals surface area contributed by atoms with Crippen molar-refractivity contribution in [3.63, 3.8) is 0 Å². The van der Waals surface area contributed by atoms with E-state index in [-0.39, 0.29) is 5.56 Å². The van der Waals surface area contributed by atoms with Crippen molar-refractivity contribution in [2.24, 2.45) is 0 Å². The number of hydrogen-bond donors (Lipinski definition) is 1. The Morgan fingerprint density at radius 2 is 2.16 bits per heavy atom. The molecule has 0 fully saturated rings. The molecule has 0 saturated carbocycles. The summed E-state index contributed by atoms with van der Waals surface area (Å²) in [5.74, 6) is -0.272. The standard InChI is InChI=1S/C14H10N2O3/c1-8-6-10-11(7-9-4-2-3-5-15-9)19-14(18)12(10)13(17)16-8/h2-7H,1H3,(H,16,17)/b11-7-. The van der Waals surface area contributed by atoms with E-state index in [9.17, 15) is 9.59 Å². The van der Waals surface area contributed by atoms with E-state index in [1.807, 2.05) is 6.07 Å². The number of H-pyrrole nitrogens is 1. The number of ether oxygens (including phenoxy) is 1. The third kappa shape index (κ3) is 1.95. The molecule has 0 amide bonds. The summed E-state index contributed by atoms with van der Waals surface area (Å²) in [5.41, 5.74) is 1.47. The van der Waals surface area contributed by atoms with Crippen LogP contribution in [0.2, 0.25) is 0 Å². The molecule has 2 aromatic heterocycles. The van der Waals surface area contributed by atoms with Crippen molar-refractivity contribution in [2.75, 3.05) is 0 Å². The Bertz CT molecular complexity index is 745. The minimum atomic E-state index is -0.626. The third-order valence-electron chi connectivity index (χ3n) is 2.81. The first-order valence-electron chi connectivity index (χ1n) is 5.74. The average Bonchev–Trinajstić information content (AvgIpc) is 2.67. The summed E-state index contributed by atoms with van der Waals surface area (Å²) in [6, 6.07) is 7.14. The Labute approximate surface area is 108 Å². The van der Waals surface area contributed by atoms with Gasteiger partial charge in [0, 0.05) is 23.5 Å². The van der Waals surface area contributed by atoms with Crippen LogP contribution in [0, 0.1) is 6.92 Å². The van der Waals surface area contributed by atoms with Crippen LogP contribution in [0.3, 0.4) is 0 Å². The number of aromatic amines is 1. The van der Waals surface area contributed by atoms with Crippen molar-refractivity contribution in [3.05, 3.63) is 63.3 Å². The van der Waals surface area contributed by atoms with Gasteiger partial charge in [-0.25, -0.2) is 4.79 Å². The second kappa shape index (κ2) is 4.20. The molecule has 1 aliphatic rings. The first-order chi connectivity index (χ1) is 9.15. The number of fused-ring (bicyclic) bond motifs is 1. The highest BCUT2D eigenvalue weighted by Gasteiger charge is 2.30. The van der Waals surface area contributed by atoms with Gasteiger partial charge in [-0.1, -0.05) is 6.07 Å². The fraction of sp³-hybridized carbons (Fsp3) is 0.0714. The monoisotopic (exact) mass is 254 g/mol. The maximum atomic E-state index is 11.7. The summed E-state index contributed by atoms with van der Waals surface area (Å²) < 4.78 is 5.13. The largest absolute Gasteiger partial charge is 0.422 e. The predicted molar refractivity (Wildman–Crippen MR) is 69.3 cm³/mol.